The number of halogens is 4. The number of rotatable bonds is 10. The zero-order valence-corrected chi connectivity index (χ0v) is 20.0. The van der Waals surface area contributed by atoms with Crippen LogP contribution in [0, 0.1) is 6.92 Å². The summed E-state index contributed by atoms with van der Waals surface area (Å²) in [6.45, 7) is 4.48. The van der Waals surface area contributed by atoms with Crippen molar-refractivity contribution in [1.82, 2.24) is 0 Å². The van der Waals surface area contributed by atoms with Gasteiger partial charge in [0.1, 0.15) is 5.75 Å². The van der Waals surface area contributed by atoms with Crippen LogP contribution in [0.15, 0.2) is 36.4 Å². The number of alkyl halides is 3. The molecule has 0 bridgehead atoms. The summed E-state index contributed by atoms with van der Waals surface area (Å²) in [5, 5.41) is 10.1. The maximum absolute atomic E-state index is 13.1. The summed E-state index contributed by atoms with van der Waals surface area (Å²) >= 11 is 7.68. The monoisotopic (exact) mass is 498 g/mol. The van der Waals surface area contributed by atoms with Gasteiger partial charge < -0.3 is 9.84 Å². The number of thiophene rings is 1. The Kier molecular flexibility index (Phi) is 8.29. The molecule has 0 radical (unpaired) electrons. The molecule has 3 aromatic rings. The Labute approximate surface area is 200 Å². The van der Waals surface area contributed by atoms with E-state index in [-0.39, 0.29) is 12.3 Å². The molecule has 0 saturated heterocycles. The molecule has 8 heteroatoms. The van der Waals surface area contributed by atoms with Gasteiger partial charge in [0.2, 0.25) is 0 Å². The lowest BCUT2D eigenvalue weighted by atomic mass is 9.94. The molecule has 3 nitrogen and oxygen atoms in total. The van der Waals surface area contributed by atoms with Crippen molar-refractivity contribution in [2.24, 2.45) is 0 Å². The summed E-state index contributed by atoms with van der Waals surface area (Å²) in [6, 6.07) is 8.89. The van der Waals surface area contributed by atoms with Crippen LogP contribution in [0.2, 0.25) is 5.02 Å². The number of carboxylic acid groups (broad SMARTS) is 1. The highest BCUT2D eigenvalue weighted by Crippen LogP contribution is 2.41. The minimum atomic E-state index is -4.36. The first-order valence-corrected chi connectivity index (χ1v) is 12.0. The number of benzene rings is 2. The van der Waals surface area contributed by atoms with Gasteiger partial charge >= 0.3 is 12.1 Å². The Morgan fingerprint density at radius 3 is 2.58 bits per heavy atom. The van der Waals surface area contributed by atoms with Crippen molar-refractivity contribution in [3.63, 3.8) is 0 Å². The van der Waals surface area contributed by atoms with Gasteiger partial charge in [-0.05, 0) is 66.5 Å². The van der Waals surface area contributed by atoms with Crippen molar-refractivity contribution in [3.8, 4) is 5.75 Å². The number of hydrogen-bond acceptors (Lipinski definition) is 3. The van der Waals surface area contributed by atoms with Gasteiger partial charge in [-0.2, -0.15) is 13.2 Å². The molecule has 0 saturated carbocycles. The number of hydrogen-bond donors (Lipinski definition) is 1. The minimum Gasteiger partial charge on any atom is -0.492 e. The van der Waals surface area contributed by atoms with Crippen LogP contribution >= 0.6 is 22.9 Å². The second-order valence-corrected chi connectivity index (χ2v) is 9.60. The molecule has 1 aromatic heterocycles. The SMILES string of the molecule is CCCCC(CCOc1ccc(CC(=O)O)cc1Cl)c1sc2cc(C(F)(F)F)ccc2c1C. The van der Waals surface area contributed by atoms with Crippen molar-refractivity contribution in [2.75, 3.05) is 6.61 Å². The summed E-state index contributed by atoms with van der Waals surface area (Å²) in [6.07, 6.45) is -0.813. The third-order valence-corrected chi connectivity index (χ3v) is 7.37. The number of aliphatic carboxylic acids is 1. The van der Waals surface area contributed by atoms with Crippen LogP contribution < -0.4 is 4.74 Å². The van der Waals surface area contributed by atoms with Crippen molar-refractivity contribution in [1.29, 1.82) is 0 Å². The van der Waals surface area contributed by atoms with E-state index in [9.17, 15) is 18.0 Å². The van der Waals surface area contributed by atoms with Crippen LogP contribution in [0.4, 0.5) is 13.2 Å². The zero-order valence-electron chi connectivity index (χ0n) is 18.5. The molecule has 178 valence electrons. The molecule has 1 unspecified atom stereocenters. The van der Waals surface area contributed by atoms with E-state index in [2.05, 4.69) is 6.92 Å². The molecule has 1 atom stereocenters. The second kappa shape index (κ2) is 10.8. The number of ether oxygens (including phenoxy) is 1. The van der Waals surface area contributed by atoms with E-state index in [1.807, 2.05) is 6.92 Å². The molecule has 0 aliphatic carbocycles. The minimum absolute atomic E-state index is 0.111. The Hall–Kier alpha value is -2.25. The number of fused-ring (bicyclic) bond motifs is 1. The topological polar surface area (TPSA) is 46.5 Å². The van der Waals surface area contributed by atoms with Crippen molar-refractivity contribution in [2.45, 2.75) is 58.0 Å². The highest BCUT2D eigenvalue weighted by molar-refractivity contribution is 7.19. The fourth-order valence-corrected chi connectivity index (χ4v) is 5.60. The fourth-order valence-electron chi connectivity index (χ4n) is 3.92. The molecule has 1 heterocycles. The number of unbranched alkanes of at least 4 members (excludes halogenated alkanes) is 1. The predicted octanol–water partition coefficient (Wildman–Crippen LogP) is 8.25. The van der Waals surface area contributed by atoms with Crippen LogP contribution in [-0.2, 0) is 17.4 Å². The van der Waals surface area contributed by atoms with Gasteiger partial charge in [-0.15, -0.1) is 11.3 Å². The molecular weight excluding hydrogens is 473 g/mol. The maximum Gasteiger partial charge on any atom is 0.416 e. The fraction of sp³-hybridized carbons (Fsp3) is 0.400. The average molecular weight is 499 g/mol. The molecule has 0 fully saturated rings. The van der Waals surface area contributed by atoms with E-state index in [0.717, 1.165) is 41.2 Å². The molecule has 3 rings (SSSR count). The lowest BCUT2D eigenvalue weighted by Gasteiger charge is -2.17. The molecule has 33 heavy (non-hydrogen) atoms. The first kappa shape index (κ1) is 25.4. The van der Waals surface area contributed by atoms with Gasteiger partial charge in [0.05, 0.1) is 23.6 Å². The molecule has 0 aliphatic heterocycles. The standard InChI is InChI=1S/C25H26ClF3O3S/c1-3-4-5-17(10-11-32-21-9-6-16(12-20(21)26)13-23(30)31)24-15(2)19-8-7-18(25(27,28)29)14-22(19)33-24/h6-9,12,14,17H,3-5,10-11,13H2,1-2H3,(H,30,31). The summed E-state index contributed by atoms with van der Waals surface area (Å²) < 4.78 is 46.0. The largest absolute Gasteiger partial charge is 0.492 e. The first-order valence-electron chi connectivity index (χ1n) is 10.8. The Bertz CT molecular complexity index is 1120. The first-order chi connectivity index (χ1) is 15.6. The van der Waals surface area contributed by atoms with Gasteiger partial charge in [-0.1, -0.05) is 43.5 Å². The second-order valence-electron chi connectivity index (χ2n) is 8.11. The van der Waals surface area contributed by atoms with Gasteiger partial charge in [-0.25, -0.2) is 0 Å². The molecule has 0 aliphatic rings. The maximum atomic E-state index is 13.1. The number of carboxylic acids is 1. The van der Waals surface area contributed by atoms with Gasteiger partial charge in [0, 0.05) is 9.58 Å². The van der Waals surface area contributed by atoms with Gasteiger partial charge in [-0.3, -0.25) is 4.79 Å². The summed E-state index contributed by atoms with van der Waals surface area (Å²) in [5.41, 5.74) is 0.998. The predicted molar refractivity (Wildman–Crippen MR) is 127 cm³/mol. The third-order valence-electron chi connectivity index (χ3n) is 5.65. The average Bonchev–Trinajstić information content (AvgIpc) is 3.07. The number of carbonyl (C=O) groups is 1. The Morgan fingerprint density at radius 2 is 1.94 bits per heavy atom. The smallest absolute Gasteiger partial charge is 0.416 e. The molecule has 0 spiro atoms. The van der Waals surface area contributed by atoms with Crippen molar-refractivity contribution >= 4 is 39.0 Å². The zero-order chi connectivity index (χ0) is 24.2. The summed E-state index contributed by atoms with van der Waals surface area (Å²) in [5.74, 6) is -0.274. The van der Waals surface area contributed by atoms with Crippen molar-refractivity contribution < 1.29 is 27.8 Å². The summed E-state index contributed by atoms with van der Waals surface area (Å²) in [4.78, 5) is 12.0. The van der Waals surface area contributed by atoms with Gasteiger partial charge in [0.25, 0.3) is 0 Å². The van der Waals surface area contributed by atoms with E-state index in [1.54, 1.807) is 24.3 Å². The third kappa shape index (κ3) is 6.42. The van der Waals surface area contributed by atoms with E-state index >= 15 is 0 Å². The molecule has 0 amide bonds. The summed E-state index contributed by atoms with van der Waals surface area (Å²) in [7, 11) is 0. The highest BCUT2D eigenvalue weighted by atomic mass is 35.5. The quantitative estimate of drug-likeness (QED) is 0.306. The van der Waals surface area contributed by atoms with Gasteiger partial charge in [0.15, 0.2) is 0 Å². The number of aryl methyl sites for hydroxylation is 1. The van der Waals surface area contributed by atoms with E-state index in [4.69, 9.17) is 21.4 Å². The van der Waals surface area contributed by atoms with E-state index in [1.165, 1.54) is 17.4 Å². The molecule has 2 aromatic carbocycles. The highest BCUT2D eigenvalue weighted by Gasteiger charge is 2.31. The van der Waals surface area contributed by atoms with Crippen LogP contribution in [-0.4, -0.2) is 17.7 Å². The van der Waals surface area contributed by atoms with Crippen LogP contribution in [0.1, 0.15) is 60.1 Å². The van der Waals surface area contributed by atoms with Crippen molar-refractivity contribution in [3.05, 3.63) is 63.0 Å². The lowest BCUT2D eigenvalue weighted by molar-refractivity contribution is -0.138. The van der Waals surface area contributed by atoms with E-state index < -0.39 is 17.7 Å². The molecule has 1 N–H and O–H groups in total. The van der Waals surface area contributed by atoms with Crippen LogP contribution in [0.5, 0.6) is 5.75 Å². The van der Waals surface area contributed by atoms with Crippen LogP contribution in [0.3, 0.4) is 0 Å². The lowest BCUT2D eigenvalue weighted by Crippen LogP contribution is -2.07. The van der Waals surface area contributed by atoms with Crippen LogP contribution in [0.25, 0.3) is 10.1 Å². The molecular formula is C25H26ClF3O3S. The Balaban J connectivity index is 1.77. The Morgan fingerprint density at radius 1 is 1.18 bits per heavy atom. The van der Waals surface area contributed by atoms with E-state index in [0.29, 0.717) is 34.1 Å². The normalized spacial score (nSPS) is 12.8.